The Morgan fingerprint density at radius 3 is 2.58 bits per heavy atom. The van der Waals surface area contributed by atoms with Crippen molar-refractivity contribution in [3.05, 3.63) is 47.5 Å². The van der Waals surface area contributed by atoms with Gasteiger partial charge in [0.2, 0.25) is 0 Å². The first-order valence-corrected chi connectivity index (χ1v) is 9.46. The van der Waals surface area contributed by atoms with Gasteiger partial charge in [-0.15, -0.1) is 0 Å². The molecule has 26 heavy (non-hydrogen) atoms. The largest absolute Gasteiger partial charge is 0.465 e. The quantitative estimate of drug-likeness (QED) is 0.864. The molecule has 2 aromatic rings. The molecule has 136 valence electrons. The molecule has 1 atom stereocenters. The molecular formula is C21H24N2O3. The van der Waals surface area contributed by atoms with Crippen molar-refractivity contribution in [2.45, 2.75) is 50.6 Å². The van der Waals surface area contributed by atoms with E-state index in [1.165, 1.54) is 35.1 Å². The van der Waals surface area contributed by atoms with Crippen molar-refractivity contribution in [1.82, 2.24) is 10.2 Å². The lowest BCUT2D eigenvalue weighted by Crippen LogP contribution is -2.52. The number of benzene rings is 2. The fourth-order valence-corrected chi connectivity index (χ4v) is 4.07. The summed E-state index contributed by atoms with van der Waals surface area (Å²) in [7, 11) is 0. The minimum absolute atomic E-state index is 0.186. The van der Waals surface area contributed by atoms with Gasteiger partial charge in [-0.1, -0.05) is 30.7 Å². The number of piperidine rings is 1. The molecule has 0 aromatic heterocycles. The van der Waals surface area contributed by atoms with Crippen LogP contribution in [0.5, 0.6) is 0 Å². The Morgan fingerprint density at radius 1 is 1.04 bits per heavy atom. The van der Waals surface area contributed by atoms with Crippen LogP contribution in [0.25, 0.3) is 10.8 Å². The second-order valence-corrected chi connectivity index (χ2v) is 7.38. The monoisotopic (exact) mass is 352 g/mol. The predicted octanol–water partition coefficient (Wildman–Crippen LogP) is 4.33. The molecule has 1 unspecified atom stereocenters. The molecule has 0 radical (unpaired) electrons. The maximum atomic E-state index is 12.9. The number of amides is 2. The zero-order valence-corrected chi connectivity index (χ0v) is 14.8. The average molecular weight is 352 g/mol. The van der Waals surface area contributed by atoms with Crippen LogP contribution in [0.4, 0.5) is 4.79 Å². The highest BCUT2D eigenvalue weighted by atomic mass is 16.4. The van der Waals surface area contributed by atoms with E-state index in [0.717, 1.165) is 18.2 Å². The minimum Gasteiger partial charge on any atom is -0.465 e. The fourth-order valence-electron chi connectivity index (χ4n) is 4.07. The van der Waals surface area contributed by atoms with Gasteiger partial charge in [-0.25, -0.2) is 4.79 Å². The minimum atomic E-state index is -0.969. The molecule has 4 rings (SSSR count). The number of carbonyl (C=O) groups is 2. The third-order valence-electron chi connectivity index (χ3n) is 5.75. The Bertz CT molecular complexity index is 844. The lowest BCUT2D eigenvalue weighted by molar-refractivity contribution is 0.0746. The van der Waals surface area contributed by atoms with E-state index in [1.807, 2.05) is 30.3 Å². The number of rotatable bonds is 3. The highest BCUT2D eigenvalue weighted by Crippen LogP contribution is 2.40. The molecule has 2 aliphatic rings. The van der Waals surface area contributed by atoms with Crippen LogP contribution in [0.1, 0.15) is 60.4 Å². The van der Waals surface area contributed by atoms with Crippen molar-refractivity contribution in [2.24, 2.45) is 0 Å². The number of carbonyl (C=O) groups excluding carboxylic acids is 1. The second kappa shape index (κ2) is 6.98. The molecular weight excluding hydrogens is 328 g/mol. The molecule has 1 aliphatic heterocycles. The van der Waals surface area contributed by atoms with Crippen molar-refractivity contribution in [2.75, 3.05) is 6.54 Å². The Morgan fingerprint density at radius 2 is 1.85 bits per heavy atom. The topological polar surface area (TPSA) is 69.6 Å². The molecule has 5 heteroatoms. The summed E-state index contributed by atoms with van der Waals surface area (Å²) >= 11 is 0. The molecule has 2 aromatic carbocycles. The first-order valence-electron chi connectivity index (χ1n) is 9.46. The van der Waals surface area contributed by atoms with E-state index >= 15 is 0 Å². The van der Waals surface area contributed by atoms with Gasteiger partial charge in [0.25, 0.3) is 5.91 Å². The summed E-state index contributed by atoms with van der Waals surface area (Å²) in [5.41, 5.74) is 1.87. The molecule has 1 saturated carbocycles. The summed E-state index contributed by atoms with van der Waals surface area (Å²) in [5, 5.41) is 14.6. The summed E-state index contributed by atoms with van der Waals surface area (Å²) in [4.78, 5) is 25.6. The van der Waals surface area contributed by atoms with Gasteiger partial charge in [0, 0.05) is 12.1 Å². The van der Waals surface area contributed by atoms with Gasteiger partial charge in [-0.2, -0.15) is 0 Å². The summed E-state index contributed by atoms with van der Waals surface area (Å²) in [5.74, 6) is 0.340. The lowest BCUT2D eigenvalue weighted by atomic mass is 9.77. The molecule has 1 saturated heterocycles. The maximum absolute atomic E-state index is 12.9. The normalized spacial score (nSPS) is 20.6. The second-order valence-electron chi connectivity index (χ2n) is 7.38. The van der Waals surface area contributed by atoms with Gasteiger partial charge in [-0.3, -0.25) is 9.69 Å². The molecule has 5 nitrogen and oxygen atoms in total. The molecule has 1 aliphatic carbocycles. The predicted molar refractivity (Wildman–Crippen MR) is 100 cm³/mol. The van der Waals surface area contributed by atoms with Crippen LogP contribution in [0.2, 0.25) is 0 Å². The highest BCUT2D eigenvalue weighted by Gasteiger charge is 2.28. The number of carboxylic acid groups (broad SMARTS) is 1. The SMILES string of the molecule is O=C(NC1CCCCN1C(=O)O)c1cc(C2CCC2)c2ccccc2c1. The summed E-state index contributed by atoms with van der Waals surface area (Å²) in [6.07, 6.45) is 4.62. The van der Waals surface area contributed by atoms with Crippen LogP contribution >= 0.6 is 0 Å². The van der Waals surface area contributed by atoms with E-state index < -0.39 is 12.3 Å². The molecule has 0 bridgehead atoms. The Labute approximate surface area is 153 Å². The average Bonchev–Trinajstić information content (AvgIpc) is 2.60. The summed E-state index contributed by atoms with van der Waals surface area (Å²) < 4.78 is 0. The van der Waals surface area contributed by atoms with Crippen LogP contribution in [-0.2, 0) is 0 Å². The van der Waals surface area contributed by atoms with Crippen LogP contribution in [-0.4, -0.2) is 34.7 Å². The van der Waals surface area contributed by atoms with Crippen molar-refractivity contribution in [3.8, 4) is 0 Å². The number of fused-ring (bicyclic) bond motifs is 1. The number of hydrogen-bond acceptors (Lipinski definition) is 2. The number of nitrogens with one attached hydrogen (secondary N) is 1. The Balaban J connectivity index is 1.63. The van der Waals surface area contributed by atoms with E-state index in [2.05, 4.69) is 11.4 Å². The summed E-state index contributed by atoms with van der Waals surface area (Å²) in [6.45, 7) is 0.478. The Kier molecular flexibility index (Phi) is 4.53. The molecule has 2 N–H and O–H groups in total. The van der Waals surface area contributed by atoms with Gasteiger partial charge in [-0.05, 0) is 66.5 Å². The first-order chi connectivity index (χ1) is 12.6. The van der Waals surface area contributed by atoms with Gasteiger partial charge in [0.15, 0.2) is 0 Å². The third kappa shape index (κ3) is 3.14. The van der Waals surface area contributed by atoms with Crippen molar-refractivity contribution < 1.29 is 14.7 Å². The molecule has 1 heterocycles. The van der Waals surface area contributed by atoms with E-state index in [1.54, 1.807) is 0 Å². The van der Waals surface area contributed by atoms with Crippen LogP contribution in [0.3, 0.4) is 0 Å². The standard InChI is InChI=1S/C21H24N2O3/c24-20(22-19-10-3-4-11-23(19)21(25)26)16-12-15-6-1-2-9-17(15)18(13-16)14-7-5-8-14/h1-2,6,9,12-14,19H,3-5,7-8,10-11H2,(H,22,24)(H,25,26). The van der Waals surface area contributed by atoms with Crippen molar-refractivity contribution >= 4 is 22.8 Å². The van der Waals surface area contributed by atoms with Gasteiger partial charge in [0.05, 0.1) is 0 Å². The van der Waals surface area contributed by atoms with Gasteiger partial charge >= 0.3 is 6.09 Å². The Hall–Kier alpha value is -2.56. The number of nitrogens with zero attached hydrogens (tertiary/aromatic N) is 1. The van der Waals surface area contributed by atoms with Gasteiger partial charge < -0.3 is 10.4 Å². The highest BCUT2D eigenvalue weighted by molar-refractivity contribution is 6.00. The summed E-state index contributed by atoms with van der Waals surface area (Å²) in [6, 6.07) is 12.1. The van der Waals surface area contributed by atoms with Crippen molar-refractivity contribution in [3.63, 3.8) is 0 Å². The van der Waals surface area contributed by atoms with E-state index in [-0.39, 0.29) is 5.91 Å². The molecule has 2 fully saturated rings. The number of likely N-dealkylation sites (tertiary alicyclic amines) is 1. The number of hydrogen-bond donors (Lipinski definition) is 2. The zero-order chi connectivity index (χ0) is 18.1. The zero-order valence-electron chi connectivity index (χ0n) is 14.8. The first kappa shape index (κ1) is 16.9. The van der Waals surface area contributed by atoms with Crippen LogP contribution in [0, 0.1) is 0 Å². The molecule has 2 amide bonds. The van der Waals surface area contributed by atoms with Gasteiger partial charge in [0.1, 0.15) is 6.17 Å². The van der Waals surface area contributed by atoms with E-state index in [9.17, 15) is 14.7 Å². The smallest absolute Gasteiger partial charge is 0.408 e. The maximum Gasteiger partial charge on any atom is 0.408 e. The van der Waals surface area contributed by atoms with Crippen LogP contribution in [0.15, 0.2) is 36.4 Å². The molecule has 0 spiro atoms. The lowest BCUT2D eigenvalue weighted by Gasteiger charge is -2.34. The fraction of sp³-hybridized carbons (Fsp3) is 0.429. The van der Waals surface area contributed by atoms with Crippen LogP contribution < -0.4 is 5.32 Å². The third-order valence-corrected chi connectivity index (χ3v) is 5.75. The van der Waals surface area contributed by atoms with Crippen molar-refractivity contribution in [1.29, 1.82) is 0 Å². The van der Waals surface area contributed by atoms with E-state index in [4.69, 9.17) is 0 Å². The van der Waals surface area contributed by atoms with E-state index in [0.29, 0.717) is 24.4 Å².